The Morgan fingerprint density at radius 3 is 2.51 bits per heavy atom. The summed E-state index contributed by atoms with van der Waals surface area (Å²) in [5, 5.41) is 12.1. The molecule has 11 nitrogen and oxygen atoms in total. The summed E-state index contributed by atoms with van der Waals surface area (Å²) in [7, 11) is 1.31. The molecule has 0 saturated carbocycles. The van der Waals surface area contributed by atoms with E-state index in [0.29, 0.717) is 12.0 Å². The van der Waals surface area contributed by atoms with Crippen molar-refractivity contribution in [1.82, 2.24) is 24.9 Å². The topological polar surface area (TPSA) is 133 Å². The summed E-state index contributed by atoms with van der Waals surface area (Å²) in [6.45, 7) is 1.71. The highest BCUT2D eigenvalue weighted by molar-refractivity contribution is 6.31. The maximum Gasteiger partial charge on any atom is 0.436 e. The highest BCUT2D eigenvalue weighted by Gasteiger charge is 2.35. The van der Waals surface area contributed by atoms with Crippen LogP contribution in [0.1, 0.15) is 41.2 Å². The lowest BCUT2D eigenvalue weighted by molar-refractivity contribution is -0.141. The lowest BCUT2D eigenvalue weighted by Gasteiger charge is -2.21. The minimum absolute atomic E-state index is 0.0415. The average molecular weight is 673 g/mol. The summed E-state index contributed by atoms with van der Waals surface area (Å²) >= 11 is 6.21. The van der Waals surface area contributed by atoms with Gasteiger partial charge in [0.2, 0.25) is 5.91 Å². The van der Waals surface area contributed by atoms with Crippen LogP contribution in [0.4, 0.5) is 23.2 Å². The number of methoxy groups -OCH3 is 1. The normalized spacial score (nSPS) is 12.1. The molecular formula is C31H25ClF4N6O5. The van der Waals surface area contributed by atoms with E-state index in [4.69, 9.17) is 20.8 Å². The second-order valence-corrected chi connectivity index (χ2v) is 10.5. The molecule has 2 N–H and O–H groups in total. The van der Waals surface area contributed by atoms with Crippen LogP contribution in [0.3, 0.4) is 0 Å². The van der Waals surface area contributed by atoms with Crippen molar-refractivity contribution in [1.29, 1.82) is 0 Å². The van der Waals surface area contributed by atoms with E-state index < -0.39 is 41.1 Å². The molecule has 47 heavy (non-hydrogen) atoms. The van der Waals surface area contributed by atoms with Crippen molar-refractivity contribution < 1.29 is 36.3 Å². The molecule has 0 aliphatic carbocycles. The number of benzene rings is 2. The largest absolute Gasteiger partial charge is 0.495 e. The van der Waals surface area contributed by atoms with Crippen LogP contribution in [0, 0.1) is 5.82 Å². The molecule has 5 aromatic rings. The van der Waals surface area contributed by atoms with Gasteiger partial charge in [-0.05, 0) is 55.0 Å². The number of nitrogens with zero attached hydrogens (tertiary/aromatic N) is 4. The summed E-state index contributed by atoms with van der Waals surface area (Å²) in [6, 6.07) is 11.2. The van der Waals surface area contributed by atoms with Gasteiger partial charge in [0.15, 0.2) is 5.69 Å². The Morgan fingerprint density at radius 2 is 1.87 bits per heavy atom. The number of ether oxygens (including phenoxy) is 1. The zero-order valence-electron chi connectivity index (χ0n) is 24.6. The monoisotopic (exact) mass is 672 g/mol. The zero-order valence-corrected chi connectivity index (χ0v) is 25.4. The van der Waals surface area contributed by atoms with Crippen LogP contribution in [-0.2, 0) is 17.5 Å². The molecule has 0 aliphatic heterocycles. The van der Waals surface area contributed by atoms with Gasteiger partial charge in [-0.3, -0.25) is 19.0 Å². The summed E-state index contributed by atoms with van der Waals surface area (Å²) in [5.41, 5.74) is -1.60. The average Bonchev–Trinajstić information content (AvgIpc) is 3.74. The molecule has 0 aliphatic rings. The smallest absolute Gasteiger partial charge is 0.436 e. The van der Waals surface area contributed by atoms with Crippen molar-refractivity contribution in [3.63, 3.8) is 0 Å². The van der Waals surface area contributed by atoms with E-state index in [9.17, 15) is 31.9 Å². The lowest BCUT2D eigenvalue weighted by Crippen LogP contribution is -2.32. The van der Waals surface area contributed by atoms with Crippen molar-refractivity contribution >= 4 is 29.1 Å². The van der Waals surface area contributed by atoms with E-state index in [-0.39, 0.29) is 51.8 Å². The van der Waals surface area contributed by atoms with Crippen LogP contribution in [-0.4, -0.2) is 38.5 Å². The van der Waals surface area contributed by atoms with Gasteiger partial charge in [0, 0.05) is 27.9 Å². The van der Waals surface area contributed by atoms with Gasteiger partial charge in [0.25, 0.3) is 11.5 Å². The fraction of sp³-hybridized carbons (Fsp3) is 0.194. The zero-order chi connectivity index (χ0) is 33.9. The molecule has 0 radical (unpaired) electrons. The Morgan fingerprint density at radius 1 is 1.09 bits per heavy atom. The molecular weight excluding hydrogens is 648 g/mol. The van der Waals surface area contributed by atoms with Crippen molar-refractivity contribution in [2.24, 2.45) is 0 Å². The van der Waals surface area contributed by atoms with Gasteiger partial charge in [0.1, 0.15) is 23.4 Å². The Balaban J connectivity index is 1.41. The number of aromatic nitrogens is 4. The molecule has 244 valence electrons. The van der Waals surface area contributed by atoms with Gasteiger partial charge in [-0.1, -0.05) is 23.7 Å². The number of anilines is 1. The number of alkyl halides is 3. The van der Waals surface area contributed by atoms with Crippen LogP contribution in [0.25, 0.3) is 16.8 Å². The number of furan rings is 1. The Bertz CT molecular complexity index is 1990. The second-order valence-electron chi connectivity index (χ2n) is 10.1. The fourth-order valence-electron chi connectivity index (χ4n) is 4.77. The first kappa shape index (κ1) is 32.9. The first-order chi connectivity index (χ1) is 22.4. The van der Waals surface area contributed by atoms with Crippen molar-refractivity contribution in [2.75, 3.05) is 12.4 Å². The van der Waals surface area contributed by atoms with Gasteiger partial charge >= 0.3 is 6.18 Å². The summed E-state index contributed by atoms with van der Waals surface area (Å²) in [4.78, 5) is 39.2. The summed E-state index contributed by atoms with van der Waals surface area (Å²) in [5.74, 6) is -1.66. The van der Waals surface area contributed by atoms with Gasteiger partial charge in [-0.25, -0.2) is 9.07 Å². The number of carbonyl (C=O) groups is 2. The molecule has 2 aromatic carbocycles. The molecule has 2 amide bonds. The highest BCUT2D eigenvalue weighted by atomic mass is 35.5. The molecule has 0 spiro atoms. The van der Waals surface area contributed by atoms with Gasteiger partial charge in [-0.15, -0.1) is 5.10 Å². The molecule has 3 heterocycles. The molecule has 3 aromatic heterocycles. The number of amides is 2. The first-order valence-electron chi connectivity index (χ1n) is 13.9. The minimum atomic E-state index is -4.73. The third-order valence-electron chi connectivity index (χ3n) is 7.05. The standard InChI is InChI=1S/C31H25ClF4N6O5/c1-3-24(30(45)38-18-7-8-20(23(33)12-18)29(44)37-14-19-5-4-10-47-19)41-15-26(46-2)22(13-28(41)43)21-11-17(32)6-9-25(21)42-16-27(39-40-42)31(34,35)36/h4-13,15-16,24H,3,14H2,1-2H3,(H,37,44)(H,38,45)/t24-/m0/s1. The number of nitrogens with one attached hydrogen (secondary N) is 2. The van der Waals surface area contributed by atoms with E-state index in [2.05, 4.69) is 20.9 Å². The maximum absolute atomic E-state index is 14.9. The Kier molecular flexibility index (Phi) is 9.46. The van der Waals surface area contributed by atoms with E-state index in [1.807, 2.05) is 0 Å². The van der Waals surface area contributed by atoms with Gasteiger partial charge < -0.3 is 19.8 Å². The van der Waals surface area contributed by atoms with Crippen molar-refractivity contribution in [3.05, 3.63) is 111 Å². The number of halogens is 5. The molecule has 0 bridgehead atoms. The van der Waals surface area contributed by atoms with Gasteiger partial charge in [0.05, 0.1) is 43.6 Å². The molecule has 1 atom stereocenters. The predicted molar refractivity (Wildman–Crippen MR) is 162 cm³/mol. The number of hydrogen-bond donors (Lipinski definition) is 2. The third-order valence-corrected chi connectivity index (χ3v) is 7.29. The van der Waals surface area contributed by atoms with E-state index in [0.717, 1.165) is 21.4 Å². The minimum Gasteiger partial charge on any atom is -0.495 e. The van der Waals surface area contributed by atoms with Crippen LogP contribution in [0.5, 0.6) is 5.75 Å². The lowest BCUT2D eigenvalue weighted by atomic mass is 10.0. The summed E-state index contributed by atoms with van der Waals surface area (Å²) < 4.78 is 67.1. The van der Waals surface area contributed by atoms with Crippen molar-refractivity contribution in [3.8, 4) is 22.6 Å². The quantitative estimate of drug-likeness (QED) is 0.173. The van der Waals surface area contributed by atoms with Gasteiger partial charge in [-0.2, -0.15) is 13.2 Å². The van der Waals surface area contributed by atoms with Crippen molar-refractivity contribution in [2.45, 2.75) is 32.1 Å². The predicted octanol–water partition coefficient (Wildman–Crippen LogP) is 6.03. The molecule has 5 rings (SSSR count). The van der Waals surface area contributed by atoms with E-state index in [1.54, 1.807) is 19.1 Å². The molecule has 0 fully saturated rings. The fourth-order valence-corrected chi connectivity index (χ4v) is 4.94. The van der Waals surface area contributed by atoms with E-state index in [1.165, 1.54) is 49.9 Å². The SMILES string of the molecule is CC[C@@H](C(=O)Nc1ccc(C(=O)NCc2ccco2)c(F)c1)n1cc(OC)c(-c2cc(Cl)ccc2-n2cc(C(F)(F)F)nn2)cc1=O. The summed E-state index contributed by atoms with van der Waals surface area (Å²) in [6.07, 6.45) is -1.18. The number of carbonyl (C=O) groups excluding carboxylic acids is 2. The maximum atomic E-state index is 14.9. The Labute approximate surface area is 268 Å². The third kappa shape index (κ3) is 7.19. The first-order valence-corrected chi connectivity index (χ1v) is 14.3. The van der Waals surface area contributed by atoms with E-state index >= 15 is 0 Å². The van der Waals surface area contributed by atoms with Crippen LogP contribution >= 0.6 is 11.6 Å². The molecule has 16 heteroatoms. The van der Waals surface area contributed by atoms with Crippen LogP contribution in [0.2, 0.25) is 5.02 Å². The second kappa shape index (κ2) is 13.5. The number of rotatable bonds is 10. The Hall–Kier alpha value is -5.44. The van der Waals surface area contributed by atoms with Crippen LogP contribution in [0.15, 0.2) is 82.5 Å². The number of hydrogen-bond acceptors (Lipinski definition) is 7. The number of pyridine rings is 1. The van der Waals surface area contributed by atoms with Crippen LogP contribution < -0.4 is 20.9 Å². The molecule has 0 saturated heterocycles. The highest BCUT2D eigenvalue weighted by Crippen LogP contribution is 2.36. The molecule has 0 unspecified atom stereocenters.